The van der Waals surface area contributed by atoms with Gasteiger partial charge in [0.1, 0.15) is 0 Å². The maximum absolute atomic E-state index is 9.58. The summed E-state index contributed by atoms with van der Waals surface area (Å²) in [5, 5.41) is 9.58. The quantitative estimate of drug-likeness (QED) is 0.751. The molecular weight excluding hydrogens is 200 g/mol. The molecule has 96 valence electrons. The van der Waals surface area contributed by atoms with Crippen molar-refractivity contribution >= 4 is 0 Å². The molecule has 3 heteroatoms. The number of hydrogen-bond donors (Lipinski definition) is 2. The van der Waals surface area contributed by atoms with Gasteiger partial charge in [-0.15, -0.1) is 0 Å². The molecule has 1 aliphatic carbocycles. The zero-order chi connectivity index (χ0) is 12.2. The minimum absolute atomic E-state index is 0.142. The van der Waals surface area contributed by atoms with Crippen LogP contribution in [0.4, 0.5) is 0 Å². The molecule has 0 amide bonds. The maximum Gasteiger partial charge on any atom is 0.0639 e. The standard InChI is InChI=1S/C13H28N2O/c1-4-15(9-12(3)16)13(10-14)7-5-6-11(2)8-13/h11-12,16H,4-10,14H2,1-3H3. The van der Waals surface area contributed by atoms with Crippen molar-refractivity contribution in [3.05, 3.63) is 0 Å². The van der Waals surface area contributed by atoms with Gasteiger partial charge in [0.25, 0.3) is 0 Å². The number of nitrogens with zero attached hydrogens (tertiary/aromatic N) is 1. The number of nitrogens with two attached hydrogens (primary N) is 1. The molecule has 0 spiro atoms. The highest BCUT2D eigenvalue weighted by Crippen LogP contribution is 2.36. The van der Waals surface area contributed by atoms with Gasteiger partial charge in [-0.2, -0.15) is 0 Å². The molecule has 3 unspecified atom stereocenters. The van der Waals surface area contributed by atoms with Gasteiger partial charge in [-0.3, -0.25) is 4.90 Å². The molecule has 0 saturated heterocycles. The van der Waals surface area contributed by atoms with Gasteiger partial charge in [0, 0.05) is 18.6 Å². The number of hydrogen-bond acceptors (Lipinski definition) is 3. The van der Waals surface area contributed by atoms with Gasteiger partial charge in [-0.25, -0.2) is 0 Å². The molecule has 1 rings (SSSR count). The Hall–Kier alpha value is -0.120. The van der Waals surface area contributed by atoms with Crippen LogP contribution in [0.3, 0.4) is 0 Å². The molecular formula is C13H28N2O. The Balaban J connectivity index is 2.74. The Morgan fingerprint density at radius 2 is 2.25 bits per heavy atom. The second kappa shape index (κ2) is 5.99. The van der Waals surface area contributed by atoms with Crippen LogP contribution in [0.1, 0.15) is 46.5 Å². The minimum Gasteiger partial charge on any atom is -0.392 e. The highest BCUT2D eigenvalue weighted by atomic mass is 16.3. The van der Waals surface area contributed by atoms with Crippen LogP contribution in [0.15, 0.2) is 0 Å². The first-order valence-corrected chi connectivity index (χ1v) is 6.67. The predicted octanol–water partition coefficient (Wildman–Crippen LogP) is 1.60. The number of rotatable bonds is 5. The maximum atomic E-state index is 9.58. The summed E-state index contributed by atoms with van der Waals surface area (Å²) in [7, 11) is 0. The van der Waals surface area contributed by atoms with Crippen molar-refractivity contribution in [2.75, 3.05) is 19.6 Å². The zero-order valence-corrected chi connectivity index (χ0v) is 11.1. The molecule has 16 heavy (non-hydrogen) atoms. The molecule has 1 aliphatic rings. The van der Waals surface area contributed by atoms with Crippen molar-refractivity contribution in [3.8, 4) is 0 Å². The fourth-order valence-electron chi connectivity index (χ4n) is 3.21. The number of aliphatic hydroxyl groups is 1. The smallest absolute Gasteiger partial charge is 0.0639 e. The van der Waals surface area contributed by atoms with Gasteiger partial charge >= 0.3 is 0 Å². The predicted molar refractivity (Wildman–Crippen MR) is 68.3 cm³/mol. The average molecular weight is 228 g/mol. The fraction of sp³-hybridized carbons (Fsp3) is 1.00. The van der Waals surface area contributed by atoms with E-state index in [2.05, 4.69) is 18.7 Å². The van der Waals surface area contributed by atoms with Crippen molar-refractivity contribution in [1.82, 2.24) is 4.90 Å². The summed E-state index contributed by atoms with van der Waals surface area (Å²) in [6.45, 7) is 8.80. The van der Waals surface area contributed by atoms with Crippen molar-refractivity contribution in [1.29, 1.82) is 0 Å². The molecule has 0 radical (unpaired) electrons. The van der Waals surface area contributed by atoms with E-state index < -0.39 is 0 Å². The van der Waals surface area contributed by atoms with Crippen LogP contribution in [0, 0.1) is 5.92 Å². The highest BCUT2D eigenvalue weighted by Gasteiger charge is 2.38. The Labute approximate surface area is 100 Å². The van der Waals surface area contributed by atoms with Crippen LogP contribution in [-0.4, -0.2) is 41.3 Å². The van der Waals surface area contributed by atoms with E-state index in [0.717, 1.165) is 25.6 Å². The lowest BCUT2D eigenvalue weighted by Crippen LogP contribution is -2.57. The lowest BCUT2D eigenvalue weighted by atomic mass is 9.75. The summed E-state index contributed by atoms with van der Waals surface area (Å²) >= 11 is 0. The van der Waals surface area contributed by atoms with Crippen molar-refractivity contribution in [2.45, 2.75) is 58.1 Å². The minimum atomic E-state index is -0.263. The first-order valence-electron chi connectivity index (χ1n) is 6.67. The summed E-state index contributed by atoms with van der Waals surface area (Å²) in [5.74, 6) is 0.764. The van der Waals surface area contributed by atoms with E-state index in [1.165, 1.54) is 25.7 Å². The third-order valence-corrected chi connectivity index (χ3v) is 3.98. The highest BCUT2D eigenvalue weighted by molar-refractivity contribution is 4.96. The lowest BCUT2D eigenvalue weighted by molar-refractivity contribution is 0.0111. The average Bonchev–Trinajstić information content (AvgIpc) is 2.25. The van der Waals surface area contributed by atoms with Crippen LogP contribution in [0.2, 0.25) is 0 Å². The zero-order valence-electron chi connectivity index (χ0n) is 11.1. The van der Waals surface area contributed by atoms with Crippen LogP contribution in [0.25, 0.3) is 0 Å². The molecule has 0 aliphatic heterocycles. The van der Waals surface area contributed by atoms with E-state index in [1.54, 1.807) is 0 Å². The number of likely N-dealkylation sites (N-methyl/N-ethyl adjacent to an activating group) is 1. The topological polar surface area (TPSA) is 49.5 Å². The fourth-order valence-corrected chi connectivity index (χ4v) is 3.21. The van der Waals surface area contributed by atoms with E-state index in [1.807, 2.05) is 6.92 Å². The van der Waals surface area contributed by atoms with Crippen LogP contribution >= 0.6 is 0 Å². The molecule has 0 bridgehead atoms. The largest absolute Gasteiger partial charge is 0.392 e. The Bertz CT molecular complexity index is 208. The van der Waals surface area contributed by atoms with Crippen molar-refractivity contribution < 1.29 is 5.11 Å². The molecule has 3 atom stereocenters. The molecule has 0 heterocycles. The first kappa shape index (κ1) is 13.9. The number of β-amino-alcohol motifs (C(OH)–C–C–N with tert-alkyl or cyclic N) is 1. The molecule has 0 aromatic heterocycles. The third kappa shape index (κ3) is 3.19. The lowest BCUT2D eigenvalue weighted by Gasteiger charge is -2.48. The van der Waals surface area contributed by atoms with Crippen LogP contribution in [-0.2, 0) is 0 Å². The second-order valence-electron chi connectivity index (χ2n) is 5.52. The van der Waals surface area contributed by atoms with E-state index >= 15 is 0 Å². The first-order chi connectivity index (χ1) is 7.54. The van der Waals surface area contributed by atoms with Gasteiger partial charge < -0.3 is 10.8 Å². The summed E-state index contributed by atoms with van der Waals surface area (Å²) in [6, 6.07) is 0. The Kier molecular flexibility index (Phi) is 5.22. The molecule has 0 aromatic rings. The van der Waals surface area contributed by atoms with E-state index in [-0.39, 0.29) is 11.6 Å². The van der Waals surface area contributed by atoms with Gasteiger partial charge in [0.15, 0.2) is 0 Å². The summed E-state index contributed by atoms with van der Waals surface area (Å²) in [5.41, 5.74) is 6.17. The van der Waals surface area contributed by atoms with Gasteiger partial charge in [0.05, 0.1) is 6.10 Å². The molecule has 0 aromatic carbocycles. The summed E-state index contributed by atoms with van der Waals surface area (Å²) in [4.78, 5) is 2.40. The van der Waals surface area contributed by atoms with Crippen molar-refractivity contribution in [2.24, 2.45) is 11.7 Å². The van der Waals surface area contributed by atoms with Gasteiger partial charge in [-0.1, -0.05) is 26.7 Å². The van der Waals surface area contributed by atoms with Crippen LogP contribution in [0.5, 0.6) is 0 Å². The monoisotopic (exact) mass is 228 g/mol. The van der Waals surface area contributed by atoms with Gasteiger partial charge in [0.2, 0.25) is 0 Å². The summed E-state index contributed by atoms with van der Waals surface area (Å²) in [6.07, 6.45) is 4.71. The summed E-state index contributed by atoms with van der Waals surface area (Å²) < 4.78 is 0. The van der Waals surface area contributed by atoms with Crippen LogP contribution < -0.4 is 5.73 Å². The van der Waals surface area contributed by atoms with Crippen molar-refractivity contribution in [3.63, 3.8) is 0 Å². The number of aliphatic hydroxyl groups excluding tert-OH is 1. The third-order valence-electron chi connectivity index (χ3n) is 3.98. The van der Waals surface area contributed by atoms with E-state index in [0.29, 0.717) is 0 Å². The molecule has 3 nitrogen and oxygen atoms in total. The Morgan fingerprint density at radius 3 is 2.69 bits per heavy atom. The Morgan fingerprint density at radius 1 is 1.56 bits per heavy atom. The normalized spacial score (nSPS) is 33.0. The molecule has 1 saturated carbocycles. The van der Waals surface area contributed by atoms with E-state index in [4.69, 9.17) is 5.73 Å². The molecule has 1 fully saturated rings. The second-order valence-corrected chi connectivity index (χ2v) is 5.52. The SMILES string of the molecule is CCN(CC(C)O)C1(CN)CCCC(C)C1. The van der Waals surface area contributed by atoms with Gasteiger partial charge in [-0.05, 0) is 32.2 Å². The molecule has 3 N–H and O–H groups in total. The van der Waals surface area contributed by atoms with E-state index in [9.17, 15) is 5.11 Å².